The highest BCUT2D eigenvalue weighted by Gasteiger charge is 2.16. The molecule has 0 radical (unpaired) electrons. The van der Waals surface area contributed by atoms with Crippen molar-refractivity contribution in [3.05, 3.63) is 70.9 Å². The van der Waals surface area contributed by atoms with E-state index in [-0.39, 0.29) is 0 Å². The van der Waals surface area contributed by atoms with Gasteiger partial charge in [0.05, 0.1) is 5.69 Å². The summed E-state index contributed by atoms with van der Waals surface area (Å²) in [6.45, 7) is 1.91. The van der Waals surface area contributed by atoms with Gasteiger partial charge in [0.1, 0.15) is 5.82 Å². The predicted molar refractivity (Wildman–Crippen MR) is 106 cm³/mol. The topological polar surface area (TPSA) is 69.1 Å². The average Bonchev–Trinajstić information content (AvgIpc) is 3.04. The van der Waals surface area contributed by atoms with Crippen LogP contribution in [0.1, 0.15) is 11.3 Å². The van der Waals surface area contributed by atoms with Gasteiger partial charge in [-0.2, -0.15) is 9.50 Å². The van der Waals surface area contributed by atoms with E-state index in [1.807, 2.05) is 49.4 Å². The van der Waals surface area contributed by atoms with E-state index in [0.717, 1.165) is 22.6 Å². The third kappa shape index (κ3) is 3.25. The summed E-state index contributed by atoms with van der Waals surface area (Å²) in [4.78, 5) is 9.07. The third-order valence-corrected chi connectivity index (χ3v) is 5.15. The fourth-order valence-electron chi connectivity index (χ4n) is 2.80. The van der Waals surface area contributed by atoms with Gasteiger partial charge in [0.25, 0.3) is 5.78 Å². The Kier molecular flexibility index (Phi) is 4.53. The first-order chi connectivity index (χ1) is 12.6. The molecule has 5 nitrogen and oxygen atoms in total. The lowest BCUT2D eigenvalue weighted by Crippen LogP contribution is -2.05. The SMILES string of the molecule is Cc1nc2nc(SCc3ccccc3)nn2c(N)c1-c1cccc(Cl)c1. The molecule has 130 valence electrons. The van der Waals surface area contributed by atoms with Crippen molar-refractivity contribution in [1.82, 2.24) is 19.6 Å². The molecule has 0 saturated heterocycles. The number of fused-ring (bicyclic) bond motifs is 1. The number of thioether (sulfide) groups is 1. The van der Waals surface area contributed by atoms with Gasteiger partial charge in [0.15, 0.2) is 0 Å². The molecule has 0 unspecified atom stereocenters. The monoisotopic (exact) mass is 381 g/mol. The van der Waals surface area contributed by atoms with E-state index in [9.17, 15) is 0 Å². The van der Waals surface area contributed by atoms with Gasteiger partial charge in [-0.15, -0.1) is 5.10 Å². The number of aryl methyl sites for hydroxylation is 1. The summed E-state index contributed by atoms with van der Waals surface area (Å²) in [7, 11) is 0. The van der Waals surface area contributed by atoms with Gasteiger partial charge < -0.3 is 5.73 Å². The van der Waals surface area contributed by atoms with Crippen molar-refractivity contribution >= 4 is 35.0 Å². The van der Waals surface area contributed by atoms with Crippen LogP contribution in [0.5, 0.6) is 0 Å². The lowest BCUT2D eigenvalue weighted by atomic mass is 10.1. The summed E-state index contributed by atoms with van der Waals surface area (Å²) >= 11 is 7.68. The van der Waals surface area contributed by atoms with Gasteiger partial charge >= 0.3 is 0 Å². The summed E-state index contributed by atoms with van der Waals surface area (Å²) in [5, 5.41) is 5.83. The van der Waals surface area contributed by atoms with Gasteiger partial charge in [-0.05, 0) is 30.2 Å². The van der Waals surface area contributed by atoms with E-state index in [1.54, 1.807) is 16.3 Å². The van der Waals surface area contributed by atoms with Gasteiger partial charge in [0.2, 0.25) is 5.16 Å². The largest absolute Gasteiger partial charge is 0.383 e. The summed E-state index contributed by atoms with van der Waals surface area (Å²) in [6.07, 6.45) is 0. The first-order valence-electron chi connectivity index (χ1n) is 8.07. The molecule has 0 fully saturated rings. The minimum absolute atomic E-state index is 0.501. The second-order valence-corrected chi connectivity index (χ2v) is 7.23. The molecular weight excluding hydrogens is 366 g/mol. The molecule has 2 aromatic heterocycles. The van der Waals surface area contributed by atoms with Crippen LogP contribution in [-0.4, -0.2) is 19.6 Å². The van der Waals surface area contributed by atoms with Crippen LogP contribution in [0.2, 0.25) is 5.02 Å². The number of rotatable bonds is 4. The maximum Gasteiger partial charge on any atom is 0.255 e. The first kappa shape index (κ1) is 16.9. The second kappa shape index (κ2) is 6.97. The molecule has 0 bridgehead atoms. The molecule has 0 amide bonds. The van der Waals surface area contributed by atoms with Crippen molar-refractivity contribution in [3.8, 4) is 11.1 Å². The summed E-state index contributed by atoms with van der Waals surface area (Å²) < 4.78 is 1.59. The molecule has 4 aromatic rings. The molecule has 2 heterocycles. The Morgan fingerprint density at radius 1 is 1.08 bits per heavy atom. The van der Waals surface area contributed by atoms with E-state index in [1.165, 1.54) is 5.56 Å². The Balaban J connectivity index is 1.71. The molecule has 0 spiro atoms. The molecule has 2 aromatic carbocycles. The number of benzene rings is 2. The Morgan fingerprint density at radius 3 is 2.65 bits per heavy atom. The standard InChI is InChI=1S/C19H16ClN5S/c1-12-16(14-8-5-9-15(20)10-14)17(21)25-18(22-12)23-19(24-25)26-11-13-6-3-2-4-7-13/h2-10H,11,21H2,1H3. The van der Waals surface area contributed by atoms with Crippen molar-refractivity contribution < 1.29 is 0 Å². The first-order valence-corrected chi connectivity index (χ1v) is 9.43. The van der Waals surface area contributed by atoms with Crippen LogP contribution in [0.4, 0.5) is 5.82 Å². The van der Waals surface area contributed by atoms with E-state index in [2.05, 4.69) is 27.2 Å². The number of nitrogens with zero attached hydrogens (tertiary/aromatic N) is 4. The normalized spacial score (nSPS) is 11.2. The van der Waals surface area contributed by atoms with Gasteiger partial charge in [-0.3, -0.25) is 0 Å². The molecule has 0 aliphatic carbocycles. The van der Waals surface area contributed by atoms with Crippen LogP contribution in [0, 0.1) is 6.92 Å². The van der Waals surface area contributed by atoms with Crippen LogP contribution >= 0.6 is 23.4 Å². The molecule has 0 atom stereocenters. The highest BCUT2D eigenvalue weighted by atomic mass is 35.5. The fraction of sp³-hybridized carbons (Fsp3) is 0.105. The van der Waals surface area contributed by atoms with Crippen LogP contribution < -0.4 is 5.73 Å². The number of anilines is 1. The van der Waals surface area contributed by atoms with Crippen LogP contribution in [-0.2, 0) is 5.75 Å². The highest BCUT2D eigenvalue weighted by molar-refractivity contribution is 7.98. The van der Waals surface area contributed by atoms with Crippen LogP contribution in [0.25, 0.3) is 16.9 Å². The summed E-state index contributed by atoms with van der Waals surface area (Å²) in [5.41, 5.74) is 10.1. The Hall–Kier alpha value is -2.57. The Bertz CT molecular complexity index is 1080. The minimum atomic E-state index is 0.501. The van der Waals surface area contributed by atoms with Crippen molar-refractivity contribution in [2.45, 2.75) is 17.8 Å². The molecule has 7 heteroatoms. The van der Waals surface area contributed by atoms with Crippen molar-refractivity contribution in [2.75, 3.05) is 5.73 Å². The quantitative estimate of drug-likeness (QED) is 0.522. The zero-order chi connectivity index (χ0) is 18.1. The number of nitrogens with two attached hydrogens (primary N) is 1. The second-order valence-electron chi connectivity index (χ2n) is 5.85. The fourth-order valence-corrected chi connectivity index (χ4v) is 3.76. The predicted octanol–water partition coefficient (Wildman–Crippen LogP) is 4.63. The van der Waals surface area contributed by atoms with Crippen molar-refractivity contribution in [3.63, 3.8) is 0 Å². The third-order valence-electron chi connectivity index (χ3n) is 4.01. The summed E-state index contributed by atoms with van der Waals surface area (Å²) in [5.74, 6) is 1.80. The maximum absolute atomic E-state index is 6.39. The Labute approximate surface area is 160 Å². The molecule has 2 N–H and O–H groups in total. The van der Waals surface area contributed by atoms with E-state index < -0.39 is 0 Å². The molecule has 0 aliphatic heterocycles. The van der Waals surface area contributed by atoms with Gasteiger partial charge in [0, 0.05) is 16.3 Å². The van der Waals surface area contributed by atoms with Crippen molar-refractivity contribution in [2.24, 2.45) is 0 Å². The lowest BCUT2D eigenvalue weighted by molar-refractivity contribution is 0.887. The molecule has 0 saturated carbocycles. The average molecular weight is 382 g/mol. The maximum atomic E-state index is 6.39. The lowest BCUT2D eigenvalue weighted by Gasteiger charge is -2.10. The van der Waals surface area contributed by atoms with Gasteiger partial charge in [-0.1, -0.05) is 65.8 Å². The van der Waals surface area contributed by atoms with Crippen LogP contribution in [0.15, 0.2) is 59.8 Å². The number of halogens is 1. The molecule has 0 aliphatic rings. The van der Waals surface area contributed by atoms with E-state index in [4.69, 9.17) is 17.3 Å². The molecule has 4 rings (SSSR count). The minimum Gasteiger partial charge on any atom is -0.383 e. The number of hydrogen-bond donors (Lipinski definition) is 1. The van der Waals surface area contributed by atoms with E-state index >= 15 is 0 Å². The number of nitrogen functional groups attached to an aromatic ring is 1. The molecular formula is C19H16ClN5S. The van der Waals surface area contributed by atoms with E-state index in [0.29, 0.717) is 21.8 Å². The smallest absolute Gasteiger partial charge is 0.255 e. The van der Waals surface area contributed by atoms with Crippen LogP contribution in [0.3, 0.4) is 0 Å². The zero-order valence-electron chi connectivity index (χ0n) is 14.1. The highest BCUT2D eigenvalue weighted by Crippen LogP contribution is 2.31. The zero-order valence-corrected chi connectivity index (χ0v) is 15.6. The number of aromatic nitrogens is 4. The molecule has 26 heavy (non-hydrogen) atoms. The van der Waals surface area contributed by atoms with Gasteiger partial charge in [-0.25, -0.2) is 4.98 Å². The Morgan fingerprint density at radius 2 is 1.88 bits per heavy atom. The number of hydrogen-bond acceptors (Lipinski definition) is 5. The summed E-state index contributed by atoms with van der Waals surface area (Å²) in [6, 6.07) is 17.8. The van der Waals surface area contributed by atoms with Crippen molar-refractivity contribution in [1.29, 1.82) is 0 Å².